The van der Waals surface area contributed by atoms with E-state index in [1.54, 1.807) is 16.9 Å². The molecule has 0 radical (unpaired) electrons. The molecule has 0 aliphatic heterocycles. The fourth-order valence-corrected chi connectivity index (χ4v) is 1.51. The van der Waals surface area contributed by atoms with Crippen molar-refractivity contribution in [3.63, 3.8) is 0 Å². The predicted molar refractivity (Wildman–Crippen MR) is 60.6 cm³/mol. The Morgan fingerprint density at radius 2 is 2.12 bits per heavy atom. The van der Waals surface area contributed by atoms with Gasteiger partial charge in [-0.1, -0.05) is 6.07 Å². The average Bonchev–Trinajstić information content (AvgIpc) is 2.74. The van der Waals surface area contributed by atoms with Gasteiger partial charge in [0.05, 0.1) is 5.69 Å². The molecule has 0 aliphatic rings. The van der Waals surface area contributed by atoms with Gasteiger partial charge in [-0.3, -0.25) is 9.67 Å². The first-order valence-corrected chi connectivity index (χ1v) is 5.13. The Morgan fingerprint density at radius 3 is 2.62 bits per heavy atom. The third-order valence-electron chi connectivity index (χ3n) is 2.27. The summed E-state index contributed by atoms with van der Waals surface area (Å²) in [6, 6.07) is 9.72. The second-order valence-electron chi connectivity index (χ2n) is 3.78. The molecule has 2 rings (SSSR count). The van der Waals surface area contributed by atoms with Crippen LogP contribution >= 0.6 is 0 Å². The highest BCUT2D eigenvalue weighted by molar-refractivity contribution is 5.55. The van der Waals surface area contributed by atoms with Crippen LogP contribution in [0.2, 0.25) is 0 Å². The standard InChI is InChI=1S/C12H12N4/c1-9(2)16-10(8-13)7-12(15-16)11-5-3-4-6-14-11/h3-7,9H,1-2H3. The van der Waals surface area contributed by atoms with E-state index in [4.69, 9.17) is 5.26 Å². The molecule has 2 aromatic heterocycles. The van der Waals surface area contributed by atoms with Crippen molar-refractivity contribution in [1.82, 2.24) is 14.8 Å². The lowest BCUT2D eigenvalue weighted by atomic mass is 10.2. The number of rotatable bonds is 2. The maximum atomic E-state index is 9.00. The summed E-state index contributed by atoms with van der Waals surface area (Å²) in [5.41, 5.74) is 2.10. The minimum absolute atomic E-state index is 0.173. The maximum absolute atomic E-state index is 9.00. The van der Waals surface area contributed by atoms with Crippen LogP contribution < -0.4 is 0 Å². The van der Waals surface area contributed by atoms with E-state index < -0.39 is 0 Å². The fraction of sp³-hybridized carbons (Fsp3) is 0.250. The molecule has 16 heavy (non-hydrogen) atoms. The third-order valence-corrected chi connectivity index (χ3v) is 2.27. The van der Waals surface area contributed by atoms with Gasteiger partial charge in [-0.15, -0.1) is 0 Å². The van der Waals surface area contributed by atoms with Gasteiger partial charge in [-0.05, 0) is 26.0 Å². The van der Waals surface area contributed by atoms with Crippen LogP contribution in [-0.2, 0) is 0 Å². The second kappa shape index (κ2) is 4.15. The largest absolute Gasteiger partial charge is 0.255 e. The summed E-state index contributed by atoms with van der Waals surface area (Å²) in [5.74, 6) is 0. The lowest BCUT2D eigenvalue weighted by Crippen LogP contribution is -2.05. The van der Waals surface area contributed by atoms with E-state index in [0.717, 1.165) is 11.4 Å². The van der Waals surface area contributed by atoms with Crippen molar-refractivity contribution in [2.75, 3.05) is 0 Å². The first kappa shape index (κ1) is 10.4. The van der Waals surface area contributed by atoms with Crippen molar-refractivity contribution in [3.8, 4) is 17.5 Å². The summed E-state index contributed by atoms with van der Waals surface area (Å²) >= 11 is 0. The summed E-state index contributed by atoms with van der Waals surface area (Å²) in [4.78, 5) is 4.21. The molecule has 0 atom stereocenters. The molecule has 4 nitrogen and oxygen atoms in total. The second-order valence-corrected chi connectivity index (χ2v) is 3.78. The molecule has 4 heteroatoms. The quantitative estimate of drug-likeness (QED) is 0.768. The zero-order chi connectivity index (χ0) is 11.5. The molecule has 80 valence electrons. The van der Waals surface area contributed by atoms with Crippen molar-refractivity contribution in [1.29, 1.82) is 5.26 Å². The van der Waals surface area contributed by atoms with Crippen LogP contribution in [0, 0.1) is 11.3 Å². The normalized spacial score (nSPS) is 10.4. The first-order valence-electron chi connectivity index (χ1n) is 5.13. The molecule has 2 aromatic rings. The molecule has 0 N–H and O–H groups in total. The number of pyridine rings is 1. The summed E-state index contributed by atoms with van der Waals surface area (Å²) in [5, 5.41) is 13.4. The van der Waals surface area contributed by atoms with Crippen LogP contribution in [0.4, 0.5) is 0 Å². The average molecular weight is 212 g/mol. The van der Waals surface area contributed by atoms with Crippen LogP contribution in [0.15, 0.2) is 30.5 Å². The summed E-state index contributed by atoms with van der Waals surface area (Å²) in [6.07, 6.45) is 1.72. The van der Waals surface area contributed by atoms with Gasteiger partial charge in [0.25, 0.3) is 0 Å². The number of aromatic nitrogens is 3. The molecule has 0 aliphatic carbocycles. The Morgan fingerprint density at radius 1 is 1.31 bits per heavy atom. The Bertz CT molecular complexity index is 520. The van der Waals surface area contributed by atoms with E-state index in [-0.39, 0.29) is 6.04 Å². The van der Waals surface area contributed by atoms with Crippen LogP contribution in [0.25, 0.3) is 11.4 Å². The summed E-state index contributed by atoms with van der Waals surface area (Å²) < 4.78 is 1.71. The minimum Gasteiger partial charge on any atom is -0.255 e. The van der Waals surface area contributed by atoms with Crippen molar-refractivity contribution in [3.05, 3.63) is 36.2 Å². The maximum Gasteiger partial charge on any atom is 0.139 e. The Labute approximate surface area is 94.2 Å². The molecule has 2 heterocycles. The van der Waals surface area contributed by atoms with Gasteiger partial charge >= 0.3 is 0 Å². The zero-order valence-electron chi connectivity index (χ0n) is 9.25. The van der Waals surface area contributed by atoms with Gasteiger partial charge in [0, 0.05) is 18.3 Å². The number of hydrogen-bond donors (Lipinski definition) is 0. The zero-order valence-corrected chi connectivity index (χ0v) is 9.25. The first-order chi connectivity index (χ1) is 7.72. The summed E-state index contributed by atoms with van der Waals surface area (Å²) in [7, 11) is 0. The predicted octanol–water partition coefficient (Wildman–Crippen LogP) is 2.40. The summed E-state index contributed by atoms with van der Waals surface area (Å²) in [6.45, 7) is 3.99. The van der Waals surface area contributed by atoms with E-state index in [0.29, 0.717) is 5.69 Å². The van der Waals surface area contributed by atoms with E-state index in [1.165, 1.54) is 0 Å². The van der Waals surface area contributed by atoms with Crippen LogP contribution in [0.5, 0.6) is 0 Å². The van der Waals surface area contributed by atoms with Gasteiger partial charge < -0.3 is 0 Å². The Hall–Kier alpha value is -2.15. The molecular weight excluding hydrogens is 200 g/mol. The Balaban J connectivity index is 2.49. The van der Waals surface area contributed by atoms with Gasteiger partial charge in [0.15, 0.2) is 0 Å². The van der Waals surface area contributed by atoms with E-state index in [1.807, 2.05) is 32.0 Å². The lowest BCUT2D eigenvalue weighted by Gasteiger charge is -2.05. The van der Waals surface area contributed by atoms with Gasteiger partial charge in [0.2, 0.25) is 0 Å². The topological polar surface area (TPSA) is 54.5 Å². The van der Waals surface area contributed by atoms with Crippen molar-refractivity contribution >= 4 is 0 Å². The van der Waals surface area contributed by atoms with Gasteiger partial charge in [-0.2, -0.15) is 10.4 Å². The lowest BCUT2D eigenvalue weighted by molar-refractivity contribution is 0.528. The van der Waals surface area contributed by atoms with Crippen molar-refractivity contribution in [2.24, 2.45) is 0 Å². The molecule has 0 bridgehead atoms. The van der Waals surface area contributed by atoms with Gasteiger partial charge in [0.1, 0.15) is 17.5 Å². The molecular formula is C12H12N4. The molecule has 0 aromatic carbocycles. The smallest absolute Gasteiger partial charge is 0.139 e. The third kappa shape index (κ3) is 1.80. The number of nitriles is 1. The fourth-order valence-electron chi connectivity index (χ4n) is 1.51. The van der Waals surface area contributed by atoms with Crippen molar-refractivity contribution < 1.29 is 0 Å². The molecule has 0 saturated carbocycles. The van der Waals surface area contributed by atoms with Gasteiger partial charge in [-0.25, -0.2) is 0 Å². The monoisotopic (exact) mass is 212 g/mol. The van der Waals surface area contributed by atoms with Crippen LogP contribution in [-0.4, -0.2) is 14.8 Å². The molecule has 0 spiro atoms. The van der Waals surface area contributed by atoms with E-state index in [9.17, 15) is 0 Å². The van der Waals surface area contributed by atoms with E-state index in [2.05, 4.69) is 16.2 Å². The van der Waals surface area contributed by atoms with Crippen molar-refractivity contribution in [2.45, 2.75) is 19.9 Å². The highest BCUT2D eigenvalue weighted by Crippen LogP contribution is 2.18. The van der Waals surface area contributed by atoms with E-state index >= 15 is 0 Å². The van der Waals surface area contributed by atoms with Crippen LogP contribution in [0.3, 0.4) is 0 Å². The molecule has 0 fully saturated rings. The molecule has 0 unspecified atom stereocenters. The Kier molecular flexibility index (Phi) is 2.69. The highest BCUT2D eigenvalue weighted by Gasteiger charge is 2.11. The SMILES string of the molecule is CC(C)n1nc(-c2ccccn2)cc1C#N. The number of nitrogens with zero attached hydrogens (tertiary/aromatic N) is 4. The highest BCUT2D eigenvalue weighted by atomic mass is 15.3. The molecule has 0 amide bonds. The van der Waals surface area contributed by atoms with Crippen LogP contribution in [0.1, 0.15) is 25.6 Å². The molecule has 0 saturated heterocycles. The minimum atomic E-state index is 0.173. The number of hydrogen-bond acceptors (Lipinski definition) is 3.